The summed E-state index contributed by atoms with van der Waals surface area (Å²) < 4.78 is 12.9. The SMILES string of the molecule is CCc1cc(CCO)ccc1F. The van der Waals surface area contributed by atoms with Gasteiger partial charge in [-0.15, -0.1) is 0 Å². The quantitative estimate of drug-likeness (QED) is 0.731. The van der Waals surface area contributed by atoms with Gasteiger partial charge in [0.2, 0.25) is 0 Å². The van der Waals surface area contributed by atoms with Crippen molar-refractivity contribution in [3.8, 4) is 0 Å². The number of hydrogen-bond acceptors (Lipinski definition) is 1. The number of aliphatic hydroxyl groups excluding tert-OH is 1. The van der Waals surface area contributed by atoms with E-state index in [9.17, 15) is 4.39 Å². The van der Waals surface area contributed by atoms with Crippen LogP contribution in [0.15, 0.2) is 18.2 Å². The van der Waals surface area contributed by atoms with E-state index in [4.69, 9.17) is 5.11 Å². The van der Waals surface area contributed by atoms with Crippen molar-refractivity contribution in [1.29, 1.82) is 0 Å². The molecule has 0 aliphatic carbocycles. The van der Waals surface area contributed by atoms with Gasteiger partial charge in [-0.2, -0.15) is 0 Å². The zero-order valence-corrected chi connectivity index (χ0v) is 7.18. The first kappa shape index (κ1) is 9.20. The molecule has 1 nitrogen and oxygen atoms in total. The lowest BCUT2D eigenvalue weighted by atomic mass is 10.1. The highest BCUT2D eigenvalue weighted by Crippen LogP contribution is 2.11. The Balaban J connectivity index is 2.89. The van der Waals surface area contributed by atoms with Gasteiger partial charge in [0, 0.05) is 6.61 Å². The van der Waals surface area contributed by atoms with Gasteiger partial charge in [-0.05, 0) is 30.0 Å². The predicted octanol–water partition coefficient (Wildman–Crippen LogP) is 1.92. The monoisotopic (exact) mass is 168 g/mol. The highest BCUT2D eigenvalue weighted by Gasteiger charge is 2.00. The molecule has 0 fully saturated rings. The van der Waals surface area contributed by atoms with Gasteiger partial charge in [-0.3, -0.25) is 0 Å². The maximum atomic E-state index is 12.9. The van der Waals surface area contributed by atoms with Crippen LogP contribution in [0, 0.1) is 5.82 Å². The second-order valence-electron chi connectivity index (χ2n) is 2.75. The predicted molar refractivity (Wildman–Crippen MR) is 46.6 cm³/mol. The summed E-state index contributed by atoms with van der Waals surface area (Å²) in [5.74, 6) is -0.154. The van der Waals surface area contributed by atoms with E-state index in [-0.39, 0.29) is 12.4 Å². The van der Waals surface area contributed by atoms with E-state index in [0.29, 0.717) is 12.8 Å². The molecule has 1 N–H and O–H groups in total. The smallest absolute Gasteiger partial charge is 0.126 e. The molecule has 0 saturated carbocycles. The first-order chi connectivity index (χ1) is 5.77. The minimum atomic E-state index is -0.154. The van der Waals surface area contributed by atoms with E-state index in [1.807, 2.05) is 13.0 Å². The molecule has 0 aromatic heterocycles. The number of aliphatic hydroxyl groups is 1. The lowest BCUT2D eigenvalue weighted by molar-refractivity contribution is 0.299. The Labute approximate surface area is 71.9 Å². The van der Waals surface area contributed by atoms with Gasteiger partial charge in [-0.1, -0.05) is 19.1 Å². The van der Waals surface area contributed by atoms with E-state index >= 15 is 0 Å². The third-order valence-electron chi connectivity index (χ3n) is 1.89. The van der Waals surface area contributed by atoms with E-state index < -0.39 is 0 Å². The molecule has 0 bridgehead atoms. The van der Waals surface area contributed by atoms with Gasteiger partial charge in [0.15, 0.2) is 0 Å². The van der Waals surface area contributed by atoms with Crippen molar-refractivity contribution in [2.75, 3.05) is 6.61 Å². The van der Waals surface area contributed by atoms with Gasteiger partial charge in [-0.25, -0.2) is 4.39 Å². The molecule has 0 spiro atoms. The van der Waals surface area contributed by atoms with Gasteiger partial charge in [0.05, 0.1) is 0 Å². The molecule has 0 heterocycles. The molecule has 66 valence electrons. The van der Waals surface area contributed by atoms with Crippen molar-refractivity contribution < 1.29 is 9.50 Å². The van der Waals surface area contributed by atoms with Crippen LogP contribution in [0.3, 0.4) is 0 Å². The summed E-state index contributed by atoms with van der Waals surface area (Å²) in [5, 5.41) is 8.66. The molecule has 0 unspecified atom stereocenters. The third-order valence-corrected chi connectivity index (χ3v) is 1.89. The fourth-order valence-corrected chi connectivity index (χ4v) is 1.18. The largest absolute Gasteiger partial charge is 0.396 e. The molecule has 0 amide bonds. The standard InChI is InChI=1S/C10H13FO/c1-2-9-7-8(5-6-12)3-4-10(9)11/h3-4,7,12H,2,5-6H2,1H3. The first-order valence-electron chi connectivity index (χ1n) is 4.16. The fraction of sp³-hybridized carbons (Fsp3) is 0.400. The van der Waals surface area contributed by atoms with Gasteiger partial charge < -0.3 is 5.11 Å². The number of halogens is 1. The molecule has 0 radical (unpaired) electrons. The molecular weight excluding hydrogens is 155 g/mol. The molecule has 0 saturated heterocycles. The fourth-order valence-electron chi connectivity index (χ4n) is 1.18. The summed E-state index contributed by atoms with van der Waals surface area (Å²) in [4.78, 5) is 0. The summed E-state index contributed by atoms with van der Waals surface area (Å²) in [5.41, 5.74) is 1.72. The topological polar surface area (TPSA) is 20.2 Å². The van der Waals surface area contributed by atoms with Gasteiger partial charge in [0.25, 0.3) is 0 Å². The highest BCUT2D eigenvalue weighted by atomic mass is 19.1. The van der Waals surface area contributed by atoms with E-state index in [1.54, 1.807) is 6.07 Å². The maximum absolute atomic E-state index is 12.9. The molecule has 2 heteroatoms. The molecule has 0 aliphatic rings. The van der Waals surface area contributed by atoms with E-state index in [2.05, 4.69) is 0 Å². The average molecular weight is 168 g/mol. The second-order valence-corrected chi connectivity index (χ2v) is 2.75. The Hall–Kier alpha value is -0.890. The minimum Gasteiger partial charge on any atom is -0.396 e. The van der Waals surface area contributed by atoms with Crippen molar-refractivity contribution in [2.45, 2.75) is 19.8 Å². The van der Waals surface area contributed by atoms with Crippen molar-refractivity contribution in [2.24, 2.45) is 0 Å². The van der Waals surface area contributed by atoms with Crippen LogP contribution >= 0.6 is 0 Å². The van der Waals surface area contributed by atoms with Crippen molar-refractivity contribution in [3.05, 3.63) is 35.1 Å². The zero-order valence-electron chi connectivity index (χ0n) is 7.18. The minimum absolute atomic E-state index is 0.120. The Morgan fingerprint density at radius 1 is 1.42 bits per heavy atom. The maximum Gasteiger partial charge on any atom is 0.126 e. The molecule has 1 aromatic rings. The first-order valence-corrected chi connectivity index (χ1v) is 4.16. The van der Waals surface area contributed by atoms with Crippen LogP contribution in [-0.4, -0.2) is 11.7 Å². The molecule has 1 aromatic carbocycles. The lowest BCUT2D eigenvalue weighted by Gasteiger charge is -2.02. The van der Waals surface area contributed by atoms with Crippen molar-refractivity contribution in [3.63, 3.8) is 0 Å². The Kier molecular flexibility index (Phi) is 3.23. The average Bonchev–Trinajstić information content (AvgIpc) is 2.09. The number of rotatable bonds is 3. The van der Waals surface area contributed by atoms with Gasteiger partial charge in [0.1, 0.15) is 5.82 Å². The molecule has 0 atom stereocenters. The van der Waals surface area contributed by atoms with Crippen LogP contribution in [0.1, 0.15) is 18.1 Å². The van der Waals surface area contributed by atoms with E-state index in [1.165, 1.54) is 6.07 Å². The summed E-state index contributed by atoms with van der Waals surface area (Å²) in [6.07, 6.45) is 1.30. The number of benzene rings is 1. The van der Waals surface area contributed by atoms with Crippen LogP contribution in [0.2, 0.25) is 0 Å². The summed E-state index contributed by atoms with van der Waals surface area (Å²) >= 11 is 0. The summed E-state index contributed by atoms with van der Waals surface area (Å²) in [7, 11) is 0. The molecular formula is C10H13FO. The van der Waals surface area contributed by atoms with Gasteiger partial charge >= 0.3 is 0 Å². The van der Waals surface area contributed by atoms with Crippen LogP contribution in [-0.2, 0) is 12.8 Å². The number of aryl methyl sites for hydroxylation is 1. The van der Waals surface area contributed by atoms with Crippen LogP contribution in [0.4, 0.5) is 4.39 Å². The summed E-state index contributed by atoms with van der Waals surface area (Å²) in [6.45, 7) is 2.04. The molecule has 0 aliphatic heterocycles. The third kappa shape index (κ3) is 2.05. The van der Waals surface area contributed by atoms with Crippen LogP contribution in [0.25, 0.3) is 0 Å². The van der Waals surface area contributed by atoms with Crippen LogP contribution < -0.4 is 0 Å². The van der Waals surface area contributed by atoms with Crippen molar-refractivity contribution in [1.82, 2.24) is 0 Å². The Bertz CT molecular complexity index is 258. The second kappa shape index (κ2) is 4.21. The highest BCUT2D eigenvalue weighted by molar-refractivity contribution is 5.25. The molecule has 12 heavy (non-hydrogen) atoms. The van der Waals surface area contributed by atoms with Crippen LogP contribution in [0.5, 0.6) is 0 Å². The number of hydrogen-bond donors (Lipinski definition) is 1. The van der Waals surface area contributed by atoms with E-state index in [0.717, 1.165) is 11.1 Å². The lowest BCUT2D eigenvalue weighted by Crippen LogP contribution is -1.94. The zero-order chi connectivity index (χ0) is 8.97. The van der Waals surface area contributed by atoms with Crippen molar-refractivity contribution >= 4 is 0 Å². The Morgan fingerprint density at radius 3 is 2.75 bits per heavy atom. The summed E-state index contributed by atoms with van der Waals surface area (Å²) in [6, 6.07) is 4.99. The Morgan fingerprint density at radius 2 is 2.17 bits per heavy atom. The normalized spacial score (nSPS) is 10.2. The molecule has 1 rings (SSSR count).